The lowest BCUT2D eigenvalue weighted by Gasteiger charge is -2.39. The second-order valence-electron chi connectivity index (χ2n) is 7.30. The van der Waals surface area contributed by atoms with E-state index in [-0.39, 0.29) is 37.4 Å². The molecule has 0 saturated carbocycles. The molecule has 1 aliphatic heterocycles. The van der Waals surface area contributed by atoms with E-state index >= 15 is 0 Å². The van der Waals surface area contributed by atoms with Crippen LogP contribution in [0.5, 0.6) is 0 Å². The molecule has 4 rings (SSSR count). The van der Waals surface area contributed by atoms with Crippen LogP contribution in [-0.4, -0.2) is 50.0 Å². The molecule has 14 heteroatoms. The summed E-state index contributed by atoms with van der Waals surface area (Å²) in [4.78, 5) is 10.4. The number of hydrogen-bond acceptors (Lipinski definition) is 7. The van der Waals surface area contributed by atoms with Gasteiger partial charge in [-0.05, 0) is 31.9 Å². The maximum Gasteiger partial charge on any atom is 0.431 e. The fraction of sp³-hybridized carbons (Fsp3) is 0.412. The Labute approximate surface area is 181 Å². The van der Waals surface area contributed by atoms with Crippen molar-refractivity contribution in [1.29, 1.82) is 0 Å². The second-order valence-corrected chi connectivity index (χ2v) is 12.6. The third kappa shape index (κ3) is 4.59. The van der Waals surface area contributed by atoms with Crippen LogP contribution in [0.15, 0.2) is 22.5 Å². The minimum absolute atomic E-state index is 0.0291. The summed E-state index contributed by atoms with van der Waals surface area (Å²) >= 11 is 0.861. The van der Waals surface area contributed by atoms with E-state index in [1.165, 1.54) is 19.2 Å². The van der Waals surface area contributed by atoms with Gasteiger partial charge in [-0.2, -0.15) is 23.8 Å². The Balaban J connectivity index is 1.66. The van der Waals surface area contributed by atoms with Gasteiger partial charge in [0.05, 0.1) is 5.69 Å². The molecule has 1 fully saturated rings. The van der Waals surface area contributed by atoms with E-state index in [0.29, 0.717) is 18.4 Å². The van der Waals surface area contributed by atoms with Gasteiger partial charge >= 0.3 is 6.18 Å². The number of aromatic amines is 1. The standard InChI is InChI=1S/C17H19F3N4O4S3/c1-9-16(31(27,28)24-10-3-6-30(25,26)7-4-10)29-15(22-9)11-2-5-21-14-12(11)8-13(23-14)17(18,19)20/h2,5,8,10,24-26H,3-4,6-7H2,1H3,(H,21,23). The predicted octanol–water partition coefficient (Wildman–Crippen LogP) is 4.20. The second kappa shape index (κ2) is 7.71. The number of nitrogens with zero attached hydrogens (tertiary/aromatic N) is 2. The van der Waals surface area contributed by atoms with Gasteiger partial charge in [-0.25, -0.2) is 23.1 Å². The molecule has 0 unspecified atom stereocenters. The predicted molar refractivity (Wildman–Crippen MR) is 113 cm³/mol. The average Bonchev–Trinajstić information content (AvgIpc) is 3.27. The lowest BCUT2D eigenvalue weighted by molar-refractivity contribution is -0.140. The lowest BCUT2D eigenvalue weighted by atomic mass is 10.2. The number of fused-ring (bicyclic) bond motifs is 1. The van der Waals surface area contributed by atoms with E-state index in [1.807, 2.05) is 0 Å². The highest BCUT2D eigenvalue weighted by Crippen LogP contribution is 2.44. The molecule has 1 aliphatic rings. The average molecular weight is 497 g/mol. The molecule has 8 nitrogen and oxygen atoms in total. The van der Waals surface area contributed by atoms with Crippen LogP contribution in [0, 0.1) is 6.92 Å². The zero-order chi connectivity index (χ0) is 22.6. The molecule has 1 saturated heterocycles. The Morgan fingerprint density at radius 2 is 1.97 bits per heavy atom. The van der Waals surface area contributed by atoms with Crippen LogP contribution in [0.3, 0.4) is 0 Å². The quantitative estimate of drug-likeness (QED) is 0.429. The summed E-state index contributed by atoms with van der Waals surface area (Å²) in [6, 6.07) is 1.99. The van der Waals surface area contributed by atoms with Gasteiger partial charge < -0.3 is 4.98 Å². The summed E-state index contributed by atoms with van der Waals surface area (Å²) in [6.45, 7) is 1.52. The van der Waals surface area contributed by atoms with Gasteiger partial charge in [0.1, 0.15) is 16.3 Å². The first-order valence-electron chi connectivity index (χ1n) is 9.14. The number of pyridine rings is 1. The molecule has 0 spiro atoms. The van der Waals surface area contributed by atoms with Gasteiger partial charge in [-0.3, -0.25) is 9.11 Å². The summed E-state index contributed by atoms with van der Waals surface area (Å²) in [7, 11) is -6.58. The maximum atomic E-state index is 13.1. The molecule has 0 radical (unpaired) electrons. The van der Waals surface area contributed by atoms with Crippen molar-refractivity contribution in [1.82, 2.24) is 19.7 Å². The van der Waals surface area contributed by atoms with Crippen LogP contribution in [0.4, 0.5) is 13.2 Å². The van der Waals surface area contributed by atoms with Crippen LogP contribution in [0.25, 0.3) is 21.6 Å². The van der Waals surface area contributed by atoms with Crippen molar-refractivity contribution in [2.24, 2.45) is 0 Å². The third-order valence-electron chi connectivity index (χ3n) is 4.97. The molecule has 0 aliphatic carbocycles. The third-order valence-corrected chi connectivity index (χ3v) is 10.1. The van der Waals surface area contributed by atoms with Crippen molar-refractivity contribution in [3.05, 3.63) is 29.7 Å². The zero-order valence-corrected chi connectivity index (χ0v) is 18.6. The summed E-state index contributed by atoms with van der Waals surface area (Å²) in [5, 5.41) is 0.453. The first-order chi connectivity index (χ1) is 14.4. The molecule has 3 aromatic rings. The number of hydrogen-bond donors (Lipinski definition) is 4. The van der Waals surface area contributed by atoms with E-state index in [9.17, 15) is 30.7 Å². The Morgan fingerprint density at radius 1 is 1.29 bits per heavy atom. The topological polar surface area (TPSA) is 128 Å². The normalized spacial score (nSPS) is 19.0. The smallest absolute Gasteiger partial charge is 0.336 e. The minimum atomic E-state index is -4.57. The van der Waals surface area contributed by atoms with Crippen molar-refractivity contribution in [3.63, 3.8) is 0 Å². The van der Waals surface area contributed by atoms with Gasteiger partial charge in [0.15, 0.2) is 4.21 Å². The first-order valence-corrected chi connectivity index (χ1v) is 13.3. The molecule has 31 heavy (non-hydrogen) atoms. The van der Waals surface area contributed by atoms with Gasteiger partial charge in [0, 0.05) is 34.7 Å². The number of aromatic nitrogens is 3. The van der Waals surface area contributed by atoms with E-state index < -0.39 is 38.5 Å². The summed E-state index contributed by atoms with van der Waals surface area (Å²) in [5.74, 6) is 0.272. The van der Waals surface area contributed by atoms with E-state index in [1.54, 1.807) is 0 Å². The fourth-order valence-electron chi connectivity index (χ4n) is 3.41. The summed E-state index contributed by atoms with van der Waals surface area (Å²) in [6.07, 6.45) is -2.63. The minimum Gasteiger partial charge on any atom is -0.336 e. The molecule has 3 aromatic heterocycles. The highest BCUT2D eigenvalue weighted by Gasteiger charge is 2.34. The van der Waals surface area contributed by atoms with E-state index in [0.717, 1.165) is 17.4 Å². The maximum absolute atomic E-state index is 13.1. The van der Waals surface area contributed by atoms with Crippen molar-refractivity contribution in [3.8, 4) is 10.6 Å². The number of halogens is 3. The highest BCUT2D eigenvalue weighted by atomic mass is 32.3. The van der Waals surface area contributed by atoms with Crippen LogP contribution in [0.1, 0.15) is 24.2 Å². The van der Waals surface area contributed by atoms with Crippen LogP contribution < -0.4 is 4.72 Å². The monoisotopic (exact) mass is 496 g/mol. The molecule has 0 aromatic carbocycles. The molecule has 0 atom stereocenters. The first kappa shape index (κ1) is 22.5. The largest absolute Gasteiger partial charge is 0.431 e. The van der Waals surface area contributed by atoms with Crippen LogP contribution in [-0.2, 0) is 16.2 Å². The summed E-state index contributed by atoms with van der Waals surface area (Å²) < 4.78 is 86.9. The molecule has 0 bridgehead atoms. The lowest BCUT2D eigenvalue weighted by Crippen LogP contribution is -2.39. The van der Waals surface area contributed by atoms with Gasteiger partial charge in [-0.15, -0.1) is 11.3 Å². The molecule has 4 N–H and O–H groups in total. The van der Waals surface area contributed by atoms with Crippen molar-refractivity contribution in [2.45, 2.75) is 36.2 Å². The van der Waals surface area contributed by atoms with E-state index in [4.69, 9.17) is 0 Å². The van der Waals surface area contributed by atoms with Crippen molar-refractivity contribution < 1.29 is 30.7 Å². The molecular formula is C17H19F3N4O4S3. The molecule has 4 heterocycles. The zero-order valence-electron chi connectivity index (χ0n) is 16.1. The summed E-state index contributed by atoms with van der Waals surface area (Å²) in [5.41, 5.74) is -0.350. The Morgan fingerprint density at radius 3 is 2.61 bits per heavy atom. The molecule has 0 amide bonds. The van der Waals surface area contributed by atoms with Crippen LogP contribution >= 0.6 is 21.9 Å². The fourth-order valence-corrected chi connectivity index (χ4v) is 7.82. The number of nitrogens with one attached hydrogen (secondary N) is 2. The van der Waals surface area contributed by atoms with E-state index in [2.05, 4.69) is 19.7 Å². The van der Waals surface area contributed by atoms with Gasteiger partial charge in [-0.1, -0.05) is 0 Å². The van der Waals surface area contributed by atoms with Crippen molar-refractivity contribution in [2.75, 3.05) is 11.5 Å². The SMILES string of the molecule is Cc1nc(-c2ccnc3[nH]c(C(F)(F)F)cc23)sc1S(=O)(=O)NC1CCS(O)(O)CC1. The Bertz CT molecular complexity index is 1230. The van der Waals surface area contributed by atoms with Crippen LogP contribution in [0.2, 0.25) is 0 Å². The number of H-pyrrole nitrogens is 1. The van der Waals surface area contributed by atoms with Crippen molar-refractivity contribution >= 4 is 43.0 Å². The number of aryl methyl sites for hydroxylation is 1. The molecule has 170 valence electrons. The Hall–Kier alpha value is -1.71. The number of thiazole rings is 1. The Kier molecular flexibility index (Phi) is 5.59. The highest BCUT2D eigenvalue weighted by molar-refractivity contribution is 8.24. The van der Waals surface area contributed by atoms with Gasteiger partial charge in [0.2, 0.25) is 0 Å². The molecular weight excluding hydrogens is 477 g/mol. The number of rotatable bonds is 4. The van der Waals surface area contributed by atoms with Gasteiger partial charge in [0.25, 0.3) is 10.0 Å². The number of alkyl halides is 3. The number of sulfonamides is 1.